The van der Waals surface area contributed by atoms with E-state index >= 15 is 0 Å². The minimum Gasteiger partial charge on any atom is -0.496 e. The maximum absolute atomic E-state index is 12.7. The highest BCUT2D eigenvalue weighted by Crippen LogP contribution is 2.31. The summed E-state index contributed by atoms with van der Waals surface area (Å²) in [4.78, 5) is 14.6. The zero-order chi connectivity index (χ0) is 16.2. The number of benzene rings is 2. The third-order valence-corrected chi connectivity index (χ3v) is 4.44. The lowest BCUT2D eigenvalue weighted by atomic mass is 10.0. The van der Waals surface area contributed by atoms with Crippen LogP contribution in [0.1, 0.15) is 16.8 Å². The second-order valence-corrected chi connectivity index (χ2v) is 5.92. The first-order chi connectivity index (χ1) is 11.2. The van der Waals surface area contributed by atoms with Crippen LogP contribution < -0.4 is 10.5 Å². The SMILES string of the molecule is COc1ccc(C(=O)N2CC[C@H](CN)C2)cc1-c1ccccc1. The van der Waals surface area contributed by atoms with Crippen LogP contribution in [0.15, 0.2) is 48.5 Å². The molecule has 0 aromatic heterocycles. The van der Waals surface area contributed by atoms with Crippen LogP contribution >= 0.6 is 0 Å². The van der Waals surface area contributed by atoms with Crippen LogP contribution in [0.3, 0.4) is 0 Å². The molecular formula is C19H22N2O2. The van der Waals surface area contributed by atoms with Crippen molar-refractivity contribution >= 4 is 5.91 Å². The molecule has 3 rings (SSSR count). The molecule has 23 heavy (non-hydrogen) atoms. The van der Waals surface area contributed by atoms with Gasteiger partial charge in [0.1, 0.15) is 5.75 Å². The number of hydrogen-bond acceptors (Lipinski definition) is 3. The number of nitrogens with zero attached hydrogens (tertiary/aromatic N) is 1. The van der Waals surface area contributed by atoms with Crippen molar-refractivity contribution in [1.82, 2.24) is 4.90 Å². The van der Waals surface area contributed by atoms with Crippen LogP contribution in [0.25, 0.3) is 11.1 Å². The third-order valence-electron chi connectivity index (χ3n) is 4.44. The molecule has 1 atom stereocenters. The number of carbonyl (C=O) groups is 1. The summed E-state index contributed by atoms with van der Waals surface area (Å²) < 4.78 is 5.45. The zero-order valence-electron chi connectivity index (χ0n) is 13.4. The fourth-order valence-corrected chi connectivity index (χ4v) is 3.08. The summed E-state index contributed by atoms with van der Waals surface area (Å²) in [7, 11) is 1.65. The zero-order valence-corrected chi connectivity index (χ0v) is 13.4. The Kier molecular flexibility index (Phi) is 4.63. The molecule has 0 saturated carbocycles. The molecule has 2 N–H and O–H groups in total. The van der Waals surface area contributed by atoms with Crippen molar-refractivity contribution in [2.75, 3.05) is 26.7 Å². The first kappa shape index (κ1) is 15.6. The average Bonchev–Trinajstić information content (AvgIpc) is 3.10. The number of carbonyl (C=O) groups excluding carboxylic acids is 1. The Morgan fingerprint density at radius 3 is 2.70 bits per heavy atom. The van der Waals surface area contributed by atoms with E-state index < -0.39 is 0 Å². The second-order valence-electron chi connectivity index (χ2n) is 5.92. The van der Waals surface area contributed by atoms with Crippen molar-refractivity contribution in [3.05, 3.63) is 54.1 Å². The van der Waals surface area contributed by atoms with Crippen molar-refractivity contribution in [2.45, 2.75) is 6.42 Å². The van der Waals surface area contributed by atoms with Crippen LogP contribution in [0.2, 0.25) is 0 Å². The van der Waals surface area contributed by atoms with Gasteiger partial charge in [0, 0.05) is 24.2 Å². The number of nitrogens with two attached hydrogens (primary N) is 1. The molecule has 1 heterocycles. The number of rotatable bonds is 4. The molecule has 0 aliphatic carbocycles. The molecule has 4 nitrogen and oxygen atoms in total. The van der Waals surface area contributed by atoms with Gasteiger partial charge in [0.05, 0.1) is 7.11 Å². The minimum atomic E-state index is 0.0702. The van der Waals surface area contributed by atoms with Gasteiger partial charge in [0.15, 0.2) is 0 Å². The van der Waals surface area contributed by atoms with Gasteiger partial charge in [-0.1, -0.05) is 30.3 Å². The number of methoxy groups -OCH3 is 1. The van der Waals surface area contributed by atoms with Gasteiger partial charge >= 0.3 is 0 Å². The first-order valence-electron chi connectivity index (χ1n) is 7.95. The molecule has 0 spiro atoms. The van der Waals surface area contributed by atoms with Crippen molar-refractivity contribution in [3.8, 4) is 16.9 Å². The Morgan fingerprint density at radius 1 is 1.26 bits per heavy atom. The fraction of sp³-hybridized carbons (Fsp3) is 0.316. The average molecular weight is 310 g/mol. The van der Waals surface area contributed by atoms with E-state index in [9.17, 15) is 4.79 Å². The highest BCUT2D eigenvalue weighted by atomic mass is 16.5. The highest BCUT2D eigenvalue weighted by Gasteiger charge is 2.26. The minimum absolute atomic E-state index is 0.0702. The smallest absolute Gasteiger partial charge is 0.253 e. The van der Waals surface area contributed by atoms with E-state index in [-0.39, 0.29) is 5.91 Å². The predicted molar refractivity (Wildman–Crippen MR) is 91.5 cm³/mol. The van der Waals surface area contributed by atoms with Crippen molar-refractivity contribution in [1.29, 1.82) is 0 Å². The van der Waals surface area contributed by atoms with Crippen molar-refractivity contribution < 1.29 is 9.53 Å². The molecule has 2 aromatic carbocycles. The van der Waals surface area contributed by atoms with Gasteiger partial charge in [-0.25, -0.2) is 0 Å². The maximum atomic E-state index is 12.7. The quantitative estimate of drug-likeness (QED) is 0.945. The Labute approximate surface area is 136 Å². The molecule has 120 valence electrons. The van der Waals surface area contributed by atoms with Gasteiger partial charge in [-0.2, -0.15) is 0 Å². The monoisotopic (exact) mass is 310 g/mol. The summed E-state index contributed by atoms with van der Waals surface area (Å²) in [5.74, 6) is 1.26. The molecule has 1 aliphatic heterocycles. The summed E-state index contributed by atoms with van der Waals surface area (Å²) in [6, 6.07) is 15.6. The molecule has 1 fully saturated rings. The maximum Gasteiger partial charge on any atom is 0.253 e. The third kappa shape index (κ3) is 3.22. The first-order valence-corrected chi connectivity index (χ1v) is 7.95. The van der Waals surface area contributed by atoms with Crippen LogP contribution in [-0.2, 0) is 0 Å². The van der Waals surface area contributed by atoms with E-state index in [0.717, 1.165) is 36.4 Å². The Bertz CT molecular complexity index is 685. The fourth-order valence-electron chi connectivity index (χ4n) is 3.08. The Balaban J connectivity index is 1.91. The molecule has 0 radical (unpaired) electrons. The van der Waals surface area contributed by atoms with Gasteiger partial charge in [-0.05, 0) is 42.6 Å². The number of amides is 1. The number of ether oxygens (including phenoxy) is 1. The van der Waals surface area contributed by atoms with Crippen LogP contribution in [0.4, 0.5) is 0 Å². The topological polar surface area (TPSA) is 55.6 Å². The molecule has 0 bridgehead atoms. The van der Waals surface area contributed by atoms with E-state index in [4.69, 9.17) is 10.5 Å². The largest absolute Gasteiger partial charge is 0.496 e. The van der Waals surface area contributed by atoms with E-state index in [0.29, 0.717) is 18.0 Å². The summed E-state index contributed by atoms with van der Waals surface area (Å²) in [6.45, 7) is 2.18. The number of likely N-dealkylation sites (tertiary alicyclic amines) is 1. The van der Waals surface area contributed by atoms with E-state index in [1.54, 1.807) is 7.11 Å². The van der Waals surface area contributed by atoms with Crippen molar-refractivity contribution in [2.24, 2.45) is 11.7 Å². The van der Waals surface area contributed by atoms with Gasteiger partial charge < -0.3 is 15.4 Å². The second kappa shape index (κ2) is 6.84. The molecule has 1 aliphatic rings. The lowest BCUT2D eigenvalue weighted by molar-refractivity contribution is 0.0787. The van der Waals surface area contributed by atoms with Crippen LogP contribution in [0.5, 0.6) is 5.75 Å². The summed E-state index contributed by atoms with van der Waals surface area (Å²) in [5.41, 5.74) is 8.40. The predicted octanol–water partition coefficient (Wildman–Crippen LogP) is 2.78. The van der Waals surface area contributed by atoms with Gasteiger partial charge in [0.2, 0.25) is 0 Å². The molecule has 2 aromatic rings. The van der Waals surface area contributed by atoms with Gasteiger partial charge in [0.25, 0.3) is 5.91 Å². The lowest BCUT2D eigenvalue weighted by Crippen LogP contribution is -2.29. The molecule has 1 saturated heterocycles. The van der Waals surface area contributed by atoms with E-state index in [1.165, 1.54) is 0 Å². The van der Waals surface area contributed by atoms with Crippen molar-refractivity contribution in [3.63, 3.8) is 0 Å². The lowest BCUT2D eigenvalue weighted by Gasteiger charge is -2.18. The van der Waals surface area contributed by atoms with Crippen LogP contribution in [-0.4, -0.2) is 37.6 Å². The molecule has 0 unspecified atom stereocenters. The Morgan fingerprint density at radius 2 is 2.04 bits per heavy atom. The summed E-state index contributed by atoms with van der Waals surface area (Å²) in [5, 5.41) is 0. The Hall–Kier alpha value is -2.33. The molecular weight excluding hydrogens is 288 g/mol. The van der Waals surface area contributed by atoms with Gasteiger partial charge in [-0.15, -0.1) is 0 Å². The number of hydrogen-bond donors (Lipinski definition) is 1. The summed E-state index contributed by atoms with van der Waals surface area (Å²) in [6.07, 6.45) is 0.990. The van der Waals surface area contributed by atoms with E-state index in [1.807, 2.05) is 53.4 Å². The molecule has 1 amide bonds. The normalized spacial score (nSPS) is 17.3. The van der Waals surface area contributed by atoms with E-state index in [2.05, 4.69) is 0 Å². The molecule has 4 heteroatoms. The highest BCUT2D eigenvalue weighted by molar-refractivity contribution is 5.96. The summed E-state index contributed by atoms with van der Waals surface area (Å²) >= 11 is 0. The van der Waals surface area contributed by atoms with Gasteiger partial charge in [-0.3, -0.25) is 4.79 Å². The van der Waals surface area contributed by atoms with Crippen LogP contribution in [0, 0.1) is 5.92 Å². The standard InChI is InChI=1S/C19H22N2O2/c1-23-18-8-7-16(11-17(18)15-5-3-2-4-6-15)19(22)21-10-9-14(12-20)13-21/h2-8,11,14H,9-10,12-13,20H2,1H3/t14-/m1/s1.